The van der Waals surface area contributed by atoms with Crippen LogP contribution in [0, 0.1) is 0 Å². The first kappa shape index (κ1) is 51.2. The van der Waals surface area contributed by atoms with Crippen molar-refractivity contribution in [3.8, 4) is 0 Å². The Hall–Kier alpha value is -2.47. The summed E-state index contributed by atoms with van der Waals surface area (Å²) in [4.78, 5) is 36.0. The van der Waals surface area contributed by atoms with E-state index < -0.39 is 192 Å². The van der Waals surface area contributed by atoms with Gasteiger partial charge in [0.05, 0.1) is 57.8 Å². The molecule has 0 aromatic rings. The number of ether oxygens (including phenoxy) is 8. The van der Waals surface area contributed by atoms with E-state index in [-0.39, 0.29) is 6.41 Å². The van der Waals surface area contributed by atoms with Gasteiger partial charge in [0.25, 0.3) is 5.79 Å². The lowest BCUT2D eigenvalue weighted by Crippen LogP contribution is -2.71. The van der Waals surface area contributed by atoms with Crippen LogP contribution in [0.3, 0.4) is 0 Å². The third-order valence-electron chi connectivity index (χ3n) is 10.5. The number of carbonyl (C=O) groups is 3. The number of nitrogens with one attached hydrogen (secondary N) is 2. The molecule has 0 radical (unpaired) electrons. The first-order valence-corrected chi connectivity index (χ1v) is 18.9. The minimum absolute atomic E-state index is 0.260. The molecule has 28 heteroatoms. The minimum atomic E-state index is -3.24. The second kappa shape index (κ2) is 22.4. The van der Waals surface area contributed by atoms with Crippen LogP contribution in [0.25, 0.3) is 0 Å². The smallest absolute Gasteiger partial charge is 0.364 e. The quantitative estimate of drug-likeness (QED) is 0.0505. The Morgan fingerprint density at radius 3 is 1.85 bits per heavy atom. The number of carboxylic acid groups (broad SMARTS) is 1. The maximum absolute atomic E-state index is 13.2. The Labute approximate surface area is 345 Å². The fourth-order valence-corrected chi connectivity index (χ4v) is 7.23. The molecular formula is C33H56N2O26. The molecule has 22 atom stereocenters. The highest BCUT2D eigenvalue weighted by Crippen LogP contribution is 2.40. The number of hydrogen-bond donors (Lipinski definition) is 17. The van der Waals surface area contributed by atoms with Gasteiger partial charge in [0.1, 0.15) is 91.6 Å². The molecule has 0 saturated carbocycles. The summed E-state index contributed by atoms with van der Waals surface area (Å²) in [7, 11) is 0. The summed E-state index contributed by atoms with van der Waals surface area (Å²) in [6.07, 6.45) is -39.3. The van der Waals surface area contributed by atoms with E-state index in [1.165, 1.54) is 0 Å². The predicted octanol–water partition coefficient (Wildman–Crippen LogP) is -11.3. The van der Waals surface area contributed by atoms with Crippen LogP contribution in [-0.4, -0.2) is 269 Å². The first-order valence-electron chi connectivity index (χ1n) is 18.9. The summed E-state index contributed by atoms with van der Waals surface area (Å²) in [6, 6.07) is -2.66. The van der Waals surface area contributed by atoms with Crippen molar-refractivity contribution in [1.82, 2.24) is 10.6 Å². The molecule has 4 fully saturated rings. The van der Waals surface area contributed by atoms with Gasteiger partial charge >= 0.3 is 5.97 Å². The van der Waals surface area contributed by atoms with Crippen LogP contribution in [0.1, 0.15) is 13.3 Å². The predicted molar refractivity (Wildman–Crippen MR) is 186 cm³/mol. The standard InChI is InChI=1S/C33H56N2O26/c1-10(42)35-17-12(43)2-33(32(52)53,60-27(17)18(45)13(44)4-37)61-28-24(51)31(57-16(7-40)26(28)59-30-22(49)20(47)19(46)14(5-38)55-30)58-25-15(6-39)56-29(23(50)21(25)48)54-8-11(3-36)34-9-41/h9,11-31,36-40,43-51H,2-8H2,1H3,(H,34,41)(H,35,42)(H,52,53)/t11-,12+,13-,14-,15-,16-,17-,18-,19+,20+,21-,22-,23-,24-,25-,26+,27-,28-,29-,30+,31+,33+/m1/s1. The van der Waals surface area contributed by atoms with Crippen LogP contribution in [0.4, 0.5) is 0 Å². The molecule has 28 nitrogen and oxygen atoms in total. The highest BCUT2D eigenvalue weighted by molar-refractivity contribution is 5.76. The number of carboxylic acids is 1. The van der Waals surface area contributed by atoms with Crippen molar-refractivity contribution in [3.63, 3.8) is 0 Å². The highest BCUT2D eigenvalue weighted by Gasteiger charge is 2.61. The Kier molecular flexibility index (Phi) is 18.8. The molecule has 354 valence electrons. The molecule has 4 saturated heterocycles. The molecular weight excluding hydrogens is 840 g/mol. The van der Waals surface area contributed by atoms with Gasteiger partial charge in [0, 0.05) is 13.3 Å². The number of aliphatic carboxylic acids is 1. The third-order valence-corrected chi connectivity index (χ3v) is 10.5. The molecule has 0 unspecified atom stereocenters. The van der Waals surface area contributed by atoms with Gasteiger partial charge in [0.15, 0.2) is 18.9 Å². The van der Waals surface area contributed by atoms with Crippen LogP contribution < -0.4 is 10.6 Å². The number of rotatable bonds is 20. The number of carbonyl (C=O) groups excluding carboxylic acids is 2. The SMILES string of the molecule is CC(=O)N[C@H]1[C@H]([C@H](O)[C@H](O)CO)O[C@@](O[C@@H]2[C@@H](O)[C@H](O[C@H]3[C@H](O)[C@@H](O)[C@H](OC[C@@H](CO)NC=O)O[C@@H]3CO)O[C@H](CO)[C@@H]2O[C@@H]2O[C@H](CO)[C@H](O)[C@H](O)[C@H]2O)(C(=O)O)C[C@@H]1O. The second-order valence-corrected chi connectivity index (χ2v) is 14.8. The molecule has 4 aliphatic rings. The van der Waals surface area contributed by atoms with Gasteiger partial charge in [-0.15, -0.1) is 0 Å². The number of amides is 2. The molecule has 2 amide bonds. The van der Waals surface area contributed by atoms with E-state index in [9.17, 15) is 91.0 Å². The molecule has 0 aliphatic carbocycles. The lowest BCUT2D eigenvalue weighted by atomic mass is 9.88. The van der Waals surface area contributed by atoms with E-state index in [0.29, 0.717) is 0 Å². The number of hydrogen-bond acceptors (Lipinski definition) is 25. The lowest BCUT2D eigenvalue weighted by Gasteiger charge is -2.52. The molecule has 0 bridgehead atoms. The van der Waals surface area contributed by atoms with Gasteiger partial charge in [-0.05, 0) is 0 Å². The van der Waals surface area contributed by atoms with Gasteiger partial charge in [0.2, 0.25) is 12.3 Å². The van der Waals surface area contributed by atoms with E-state index >= 15 is 0 Å². The zero-order chi connectivity index (χ0) is 45.5. The molecule has 61 heavy (non-hydrogen) atoms. The maximum atomic E-state index is 13.2. The summed E-state index contributed by atoms with van der Waals surface area (Å²) in [5, 5.41) is 162. The summed E-state index contributed by atoms with van der Waals surface area (Å²) in [6.45, 7) is -4.30. The van der Waals surface area contributed by atoms with Gasteiger partial charge in [-0.25, -0.2) is 4.79 Å². The van der Waals surface area contributed by atoms with E-state index in [2.05, 4.69) is 10.6 Å². The first-order chi connectivity index (χ1) is 28.8. The van der Waals surface area contributed by atoms with Crippen LogP contribution >= 0.6 is 0 Å². The fraction of sp³-hybridized carbons (Fsp3) is 0.909. The van der Waals surface area contributed by atoms with Gasteiger partial charge in [-0.3, -0.25) is 9.59 Å². The zero-order valence-corrected chi connectivity index (χ0v) is 32.4. The van der Waals surface area contributed by atoms with Gasteiger partial charge < -0.3 is 125 Å². The summed E-state index contributed by atoms with van der Waals surface area (Å²) in [5.41, 5.74) is 0. The molecule has 0 aromatic carbocycles. The normalized spacial score (nSPS) is 43.5. The van der Waals surface area contributed by atoms with E-state index in [0.717, 1.165) is 6.92 Å². The number of aliphatic hydroxyl groups excluding tert-OH is 14. The van der Waals surface area contributed by atoms with Crippen LogP contribution in [-0.2, 0) is 52.3 Å². The van der Waals surface area contributed by atoms with Crippen LogP contribution in [0.15, 0.2) is 0 Å². The van der Waals surface area contributed by atoms with Crippen molar-refractivity contribution < 1.29 is 129 Å². The Morgan fingerprint density at radius 1 is 0.738 bits per heavy atom. The molecule has 17 N–H and O–H groups in total. The topological polar surface area (TPSA) is 453 Å². The molecule has 4 aliphatic heterocycles. The third kappa shape index (κ3) is 11.4. The summed E-state index contributed by atoms with van der Waals surface area (Å²) in [5.74, 6) is -6.16. The largest absolute Gasteiger partial charge is 0.477 e. The van der Waals surface area contributed by atoms with E-state index in [1.807, 2.05) is 0 Å². The lowest BCUT2D eigenvalue weighted by molar-refractivity contribution is -0.404. The van der Waals surface area contributed by atoms with Crippen LogP contribution in [0.5, 0.6) is 0 Å². The Bertz CT molecular complexity index is 1400. The number of aliphatic hydroxyl groups is 14. The Morgan fingerprint density at radius 2 is 1.30 bits per heavy atom. The average molecular weight is 897 g/mol. The van der Waals surface area contributed by atoms with E-state index in [1.54, 1.807) is 0 Å². The Balaban J connectivity index is 1.74. The zero-order valence-electron chi connectivity index (χ0n) is 32.4. The van der Waals surface area contributed by atoms with Crippen molar-refractivity contribution in [2.24, 2.45) is 0 Å². The second-order valence-electron chi connectivity index (χ2n) is 14.8. The molecule has 0 aromatic heterocycles. The maximum Gasteiger partial charge on any atom is 0.364 e. The van der Waals surface area contributed by atoms with Crippen molar-refractivity contribution >= 4 is 18.3 Å². The summed E-state index contributed by atoms with van der Waals surface area (Å²) < 4.78 is 45.2. The average Bonchev–Trinajstić information content (AvgIpc) is 3.23. The van der Waals surface area contributed by atoms with Gasteiger partial charge in [-0.1, -0.05) is 0 Å². The van der Waals surface area contributed by atoms with Gasteiger partial charge in [-0.2, -0.15) is 0 Å². The van der Waals surface area contributed by atoms with E-state index in [4.69, 9.17) is 37.9 Å². The van der Waals surface area contributed by atoms with Crippen molar-refractivity contribution in [2.45, 2.75) is 148 Å². The molecule has 4 rings (SSSR count). The summed E-state index contributed by atoms with van der Waals surface area (Å²) >= 11 is 0. The molecule has 0 spiro atoms. The van der Waals surface area contributed by atoms with Crippen molar-refractivity contribution in [1.29, 1.82) is 0 Å². The highest BCUT2D eigenvalue weighted by atomic mass is 16.8. The minimum Gasteiger partial charge on any atom is -0.477 e. The van der Waals surface area contributed by atoms with Crippen molar-refractivity contribution in [2.75, 3.05) is 39.6 Å². The van der Waals surface area contributed by atoms with Crippen LogP contribution in [0.2, 0.25) is 0 Å². The monoisotopic (exact) mass is 896 g/mol. The fourth-order valence-electron chi connectivity index (χ4n) is 7.23. The van der Waals surface area contributed by atoms with Crippen molar-refractivity contribution in [3.05, 3.63) is 0 Å². The molecule has 4 heterocycles.